The van der Waals surface area contributed by atoms with Crippen molar-refractivity contribution in [3.63, 3.8) is 0 Å². The highest BCUT2D eigenvalue weighted by Crippen LogP contribution is 2.21. The lowest BCUT2D eigenvalue weighted by molar-refractivity contribution is 0.0388. The number of imidazole rings is 1. The van der Waals surface area contributed by atoms with Gasteiger partial charge in [0.2, 0.25) is 0 Å². The Balaban J connectivity index is 1.55. The average molecular weight is 345 g/mol. The number of carbonyl (C=O) groups excluding carboxylic acids is 1. The van der Waals surface area contributed by atoms with Crippen molar-refractivity contribution in [3.05, 3.63) is 24.0 Å². The van der Waals surface area contributed by atoms with Gasteiger partial charge in [-0.3, -0.25) is 4.90 Å². The number of urea groups is 1. The van der Waals surface area contributed by atoms with Gasteiger partial charge in [-0.15, -0.1) is 0 Å². The summed E-state index contributed by atoms with van der Waals surface area (Å²) in [5, 5.41) is 5.80. The largest absolute Gasteiger partial charge is 0.379 e. The number of aryl methyl sites for hydroxylation is 2. The van der Waals surface area contributed by atoms with Gasteiger partial charge >= 0.3 is 6.03 Å². The predicted octanol–water partition coefficient (Wildman–Crippen LogP) is 2.07. The van der Waals surface area contributed by atoms with E-state index in [1.807, 2.05) is 18.2 Å². The zero-order valence-electron chi connectivity index (χ0n) is 15.0. The van der Waals surface area contributed by atoms with Crippen molar-refractivity contribution < 1.29 is 9.53 Å². The topological polar surface area (TPSA) is 71.4 Å². The lowest BCUT2D eigenvalue weighted by Crippen LogP contribution is -2.42. The molecule has 0 aliphatic carbocycles. The zero-order valence-corrected chi connectivity index (χ0v) is 15.0. The van der Waals surface area contributed by atoms with Crippen LogP contribution in [-0.4, -0.2) is 59.9 Å². The molecule has 2 heterocycles. The molecule has 0 atom stereocenters. The molecule has 0 saturated carbocycles. The Morgan fingerprint density at radius 2 is 2.08 bits per heavy atom. The second kappa shape index (κ2) is 8.31. The maximum absolute atomic E-state index is 12.1. The number of ether oxygens (including phenoxy) is 1. The molecule has 1 aromatic heterocycles. The Hall–Kier alpha value is -2.12. The van der Waals surface area contributed by atoms with E-state index < -0.39 is 0 Å². The van der Waals surface area contributed by atoms with E-state index in [1.165, 1.54) is 0 Å². The van der Waals surface area contributed by atoms with Crippen LogP contribution in [0.3, 0.4) is 0 Å². The Morgan fingerprint density at radius 3 is 2.80 bits per heavy atom. The Bertz CT molecular complexity index is 722. The molecular weight excluding hydrogens is 318 g/mol. The van der Waals surface area contributed by atoms with Crippen LogP contribution in [0, 0.1) is 0 Å². The van der Waals surface area contributed by atoms with Gasteiger partial charge in [0.25, 0.3) is 0 Å². The molecule has 0 bridgehead atoms. The number of carbonyl (C=O) groups is 1. The highest BCUT2D eigenvalue weighted by molar-refractivity contribution is 5.92. The van der Waals surface area contributed by atoms with Crippen molar-refractivity contribution in [1.29, 1.82) is 0 Å². The molecule has 1 aliphatic rings. The van der Waals surface area contributed by atoms with E-state index in [9.17, 15) is 4.79 Å². The number of fused-ring (bicyclic) bond motifs is 1. The Labute approximate surface area is 148 Å². The minimum atomic E-state index is -0.182. The summed E-state index contributed by atoms with van der Waals surface area (Å²) in [5.74, 6) is 1.07. The molecule has 7 nitrogen and oxygen atoms in total. The van der Waals surface area contributed by atoms with Gasteiger partial charge in [-0.05, 0) is 25.1 Å². The van der Waals surface area contributed by atoms with E-state index in [0.29, 0.717) is 6.54 Å². The first-order valence-electron chi connectivity index (χ1n) is 9.05. The molecule has 1 aliphatic heterocycles. The third kappa shape index (κ3) is 4.29. The molecule has 0 unspecified atom stereocenters. The van der Waals surface area contributed by atoms with Crippen LogP contribution in [0.25, 0.3) is 11.0 Å². The SMILES string of the molecule is CCc1nc2cc(NC(=O)NCCN3CCOCC3)ccc2n1CC. The molecule has 7 heteroatoms. The van der Waals surface area contributed by atoms with E-state index in [0.717, 1.165) is 68.4 Å². The van der Waals surface area contributed by atoms with Crippen molar-refractivity contribution in [3.8, 4) is 0 Å². The second-order valence-electron chi connectivity index (χ2n) is 6.16. The molecule has 2 aromatic rings. The number of nitrogens with zero attached hydrogens (tertiary/aromatic N) is 3. The molecule has 1 aromatic carbocycles. The van der Waals surface area contributed by atoms with Crippen molar-refractivity contribution >= 4 is 22.8 Å². The van der Waals surface area contributed by atoms with Gasteiger partial charge < -0.3 is 19.9 Å². The maximum Gasteiger partial charge on any atom is 0.319 e. The van der Waals surface area contributed by atoms with Crippen LogP contribution in [0.5, 0.6) is 0 Å². The van der Waals surface area contributed by atoms with Gasteiger partial charge in [0.05, 0.1) is 24.2 Å². The highest BCUT2D eigenvalue weighted by Gasteiger charge is 2.11. The summed E-state index contributed by atoms with van der Waals surface area (Å²) in [7, 11) is 0. The smallest absolute Gasteiger partial charge is 0.319 e. The van der Waals surface area contributed by atoms with E-state index in [-0.39, 0.29) is 6.03 Å². The monoisotopic (exact) mass is 345 g/mol. The molecule has 1 saturated heterocycles. The standard InChI is InChI=1S/C18H27N5O2/c1-3-17-21-15-13-14(5-6-16(15)23(17)4-2)20-18(24)19-7-8-22-9-11-25-12-10-22/h5-6,13H,3-4,7-12H2,1-2H3,(H2,19,20,24). The van der Waals surface area contributed by atoms with E-state index in [1.54, 1.807) is 0 Å². The molecule has 2 N–H and O–H groups in total. The number of anilines is 1. The van der Waals surface area contributed by atoms with E-state index in [4.69, 9.17) is 4.74 Å². The fourth-order valence-corrected chi connectivity index (χ4v) is 3.21. The molecule has 2 amide bonds. The van der Waals surface area contributed by atoms with Gasteiger partial charge in [-0.25, -0.2) is 9.78 Å². The van der Waals surface area contributed by atoms with Crippen molar-refractivity contribution in [2.75, 3.05) is 44.7 Å². The lowest BCUT2D eigenvalue weighted by Gasteiger charge is -2.26. The number of nitrogens with one attached hydrogen (secondary N) is 2. The zero-order chi connectivity index (χ0) is 17.6. The van der Waals surface area contributed by atoms with Gasteiger partial charge in [-0.2, -0.15) is 0 Å². The third-order valence-corrected chi connectivity index (χ3v) is 4.53. The molecule has 1 fully saturated rings. The van der Waals surface area contributed by atoms with Crippen LogP contribution >= 0.6 is 0 Å². The molecule has 0 radical (unpaired) electrons. The van der Waals surface area contributed by atoms with Gasteiger partial charge in [0.15, 0.2) is 0 Å². The first-order valence-corrected chi connectivity index (χ1v) is 9.05. The summed E-state index contributed by atoms with van der Waals surface area (Å²) in [6.45, 7) is 10.00. The number of hydrogen-bond donors (Lipinski definition) is 2. The molecule has 136 valence electrons. The van der Waals surface area contributed by atoms with Crippen LogP contribution in [0.4, 0.5) is 10.5 Å². The van der Waals surface area contributed by atoms with Crippen LogP contribution in [0.1, 0.15) is 19.7 Å². The lowest BCUT2D eigenvalue weighted by atomic mass is 10.2. The van der Waals surface area contributed by atoms with Crippen molar-refractivity contribution in [2.24, 2.45) is 0 Å². The minimum absolute atomic E-state index is 0.182. The average Bonchev–Trinajstić information content (AvgIpc) is 2.99. The van der Waals surface area contributed by atoms with Gasteiger partial charge in [0, 0.05) is 44.8 Å². The molecule has 25 heavy (non-hydrogen) atoms. The number of aromatic nitrogens is 2. The summed E-state index contributed by atoms with van der Waals surface area (Å²) < 4.78 is 7.53. The summed E-state index contributed by atoms with van der Waals surface area (Å²) in [6.07, 6.45) is 0.896. The number of hydrogen-bond acceptors (Lipinski definition) is 4. The Morgan fingerprint density at radius 1 is 1.28 bits per heavy atom. The quantitative estimate of drug-likeness (QED) is 0.841. The van der Waals surface area contributed by atoms with Gasteiger partial charge in [-0.1, -0.05) is 6.92 Å². The third-order valence-electron chi connectivity index (χ3n) is 4.53. The van der Waals surface area contributed by atoms with Gasteiger partial charge in [0.1, 0.15) is 5.82 Å². The van der Waals surface area contributed by atoms with Crippen molar-refractivity contribution in [2.45, 2.75) is 26.8 Å². The highest BCUT2D eigenvalue weighted by atomic mass is 16.5. The fourth-order valence-electron chi connectivity index (χ4n) is 3.21. The fraction of sp³-hybridized carbons (Fsp3) is 0.556. The van der Waals surface area contributed by atoms with Crippen LogP contribution < -0.4 is 10.6 Å². The number of amides is 2. The van der Waals surface area contributed by atoms with Crippen LogP contribution in [0.15, 0.2) is 18.2 Å². The summed E-state index contributed by atoms with van der Waals surface area (Å²) in [4.78, 5) is 19.0. The summed E-state index contributed by atoms with van der Waals surface area (Å²) in [5.41, 5.74) is 2.79. The predicted molar refractivity (Wildman–Crippen MR) is 99.1 cm³/mol. The first kappa shape index (κ1) is 17.7. The van der Waals surface area contributed by atoms with E-state index >= 15 is 0 Å². The van der Waals surface area contributed by atoms with Crippen LogP contribution in [-0.2, 0) is 17.7 Å². The van der Waals surface area contributed by atoms with Crippen LogP contribution in [0.2, 0.25) is 0 Å². The summed E-state index contributed by atoms with van der Waals surface area (Å²) >= 11 is 0. The minimum Gasteiger partial charge on any atom is -0.379 e. The van der Waals surface area contributed by atoms with Crippen molar-refractivity contribution in [1.82, 2.24) is 19.8 Å². The maximum atomic E-state index is 12.1. The normalized spacial score (nSPS) is 15.4. The molecular formula is C18H27N5O2. The molecule has 0 spiro atoms. The number of rotatable bonds is 6. The molecule has 3 rings (SSSR count). The second-order valence-corrected chi connectivity index (χ2v) is 6.16. The first-order chi connectivity index (χ1) is 12.2. The Kier molecular flexibility index (Phi) is 5.88. The number of morpholine rings is 1. The summed E-state index contributed by atoms with van der Waals surface area (Å²) in [6, 6.07) is 5.70. The van der Waals surface area contributed by atoms with E-state index in [2.05, 4.69) is 38.9 Å². The number of benzene rings is 1.